The van der Waals surface area contributed by atoms with Crippen LogP contribution in [-0.4, -0.2) is 27.8 Å². The molecule has 0 saturated carbocycles. The molecule has 0 fully saturated rings. The zero-order chi connectivity index (χ0) is 18.1. The van der Waals surface area contributed by atoms with Gasteiger partial charge in [0.15, 0.2) is 22.9 Å². The largest absolute Gasteiger partial charge is 0.493 e. The predicted octanol–water partition coefficient (Wildman–Crippen LogP) is 4.04. The van der Waals surface area contributed by atoms with E-state index in [4.69, 9.17) is 9.15 Å². The van der Waals surface area contributed by atoms with Gasteiger partial charge >= 0.3 is 0 Å². The Hall–Kier alpha value is -3.13. The third kappa shape index (κ3) is 2.95. The van der Waals surface area contributed by atoms with Crippen LogP contribution in [-0.2, 0) is 0 Å². The Labute approximate surface area is 156 Å². The number of amides is 1. The van der Waals surface area contributed by atoms with Crippen molar-refractivity contribution in [3.8, 4) is 11.6 Å². The molecule has 0 bridgehead atoms. The average molecular weight is 413 g/mol. The summed E-state index contributed by atoms with van der Waals surface area (Å²) in [4.78, 5) is 17.0. The summed E-state index contributed by atoms with van der Waals surface area (Å²) >= 11 is 3.35. The first-order valence-electron chi connectivity index (χ1n) is 7.69. The standard InChI is InChI=1S/C18H13BrN4O3/c1-25-14-6-2-4-11-8-15(26-16(11)14)18(24)22-13-5-3-7-20-17(13)23-10-12(19)9-21-23/h2-10H,1H3,(H,22,24). The molecule has 0 unspecified atom stereocenters. The normalized spacial score (nSPS) is 10.8. The van der Waals surface area contributed by atoms with E-state index in [1.165, 1.54) is 0 Å². The van der Waals surface area contributed by atoms with Crippen LogP contribution in [0.2, 0.25) is 0 Å². The minimum Gasteiger partial charge on any atom is -0.493 e. The first-order chi connectivity index (χ1) is 12.7. The first-order valence-corrected chi connectivity index (χ1v) is 8.48. The number of halogens is 1. The third-order valence-corrected chi connectivity index (χ3v) is 4.16. The van der Waals surface area contributed by atoms with E-state index in [2.05, 4.69) is 31.3 Å². The fraction of sp³-hybridized carbons (Fsp3) is 0.0556. The Bertz CT molecular complexity index is 1100. The molecule has 0 spiro atoms. The number of nitrogens with zero attached hydrogens (tertiary/aromatic N) is 3. The number of fused-ring (bicyclic) bond motifs is 1. The molecule has 0 aliphatic heterocycles. The highest BCUT2D eigenvalue weighted by Gasteiger charge is 2.17. The van der Waals surface area contributed by atoms with Gasteiger partial charge in [0.1, 0.15) is 0 Å². The van der Waals surface area contributed by atoms with Crippen molar-refractivity contribution in [2.75, 3.05) is 12.4 Å². The molecule has 3 heterocycles. The van der Waals surface area contributed by atoms with Gasteiger partial charge in [-0.3, -0.25) is 4.79 Å². The fourth-order valence-electron chi connectivity index (χ4n) is 2.59. The highest BCUT2D eigenvalue weighted by molar-refractivity contribution is 9.10. The quantitative estimate of drug-likeness (QED) is 0.546. The summed E-state index contributed by atoms with van der Waals surface area (Å²) in [5.74, 6) is 0.870. The third-order valence-electron chi connectivity index (χ3n) is 3.75. The lowest BCUT2D eigenvalue weighted by Crippen LogP contribution is -2.14. The number of pyridine rings is 1. The van der Waals surface area contributed by atoms with E-state index in [-0.39, 0.29) is 11.7 Å². The fourth-order valence-corrected chi connectivity index (χ4v) is 2.87. The minimum absolute atomic E-state index is 0.181. The van der Waals surface area contributed by atoms with Crippen LogP contribution in [0.4, 0.5) is 5.69 Å². The van der Waals surface area contributed by atoms with Crippen LogP contribution < -0.4 is 10.1 Å². The molecule has 7 nitrogen and oxygen atoms in total. The van der Waals surface area contributed by atoms with Gasteiger partial charge in [-0.05, 0) is 40.2 Å². The Balaban J connectivity index is 1.67. The van der Waals surface area contributed by atoms with Crippen molar-refractivity contribution in [2.45, 2.75) is 0 Å². The second-order valence-electron chi connectivity index (χ2n) is 5.42. The minimum atomic E-state index is -0.385. The van der Waals surface area contributed by atoms with E-state index in [0.717, 1.165) is 9.86 Å². The molecule has 1 amide bonds. The maximum Gasteiger partial charge on any atom is 0.291 e. The number of furan rings is 1. The van der Waals surface area contributed by atoms with Crippen LogP contribution in [0.1, 0.15) is 10.6 Å². The number of hydrogen-bond donors (Lipinski definition) is 1. The molecule has 26 heavy (non-hydrogen) atoms. The van der Waals surface area contributed by atoms with E-state index in [1.54, 1.807) is 54.6 Å². The molecule has 4 aromatic rings. The van der Waals surface area contributed by atoms with Gasteiger partial charge in [0.05, 0.1) is 23.5 Å². The van der Waals surface area contributed by atoms with E-state index >= 15 is 0 Å². The number of methoxy groups -OCH3 is 1. The van der Waals surface area contributed by atoms with Gasteiger partial charge in [0.25, 0.3) is 5.91 Å². The lowest BCUT2D eigenvalue weighted by atomic mass is 10.2. The first kappa shape index (κ1) is 16.3. The second-order valence-corrected chi connectivity index (χ2v) is 6.34. The summed E-state index contributed by atoms with van der Waals surface area (Å²) < 4.78 is 13.3. The molecular formula is C18H13BrN4O3. The number of para-hydroxylation sites is 1. The van der Waals surface area contributed by atoms with Gasteiger partial charge in [-0.2, -0.15) is 5.10 Å². The molecule has 0 radical (unpaired) electrons. The zero-order valence-corrected chi connectivity index (χ0v) is 15.2. The molecule has 8 heteroatoms. The van der Waals surface area contributed by atoms with E-state index < -0.39 is 0 Å². The maximum absolute atomic E-state index is 12.7. The number of aromatic nitrogens is 3. The van der Waals surface area contributed by atoms with E-state index in [1.807, 2.05) is 12.1 Å². The summed E-state index contributed by atoms with van der Waals surface area (Å²) in [5, 5.41) is 7.81. The van der Waals surface area contributed by atoms with Crippen LogP contribution in [0.5, 0.6) is 5.75 Å². The zero-order valence-electron chi connectivity index (χ0n) is 13.6. The molecule has 130 valence electrons. The van der Waals surface area contributed by atoms with Crippen molar-refractivity contribution in [3.05, 3.63) is 65.2 Å². The van der Waals surface area contributed by atoms with Gasteiger partial charge in [-0.15, -0.1) is 0 Å². The molecule has 3 aromatic heterocycles. The van der Waals surface area contributed by atoms with Gasteiger partial charge in [0, 0.05) is 17.8 Å². The van der Waals surface area contributed by atoms with Crippen molar-refractivity contribution in [1.82, 2.24) is 14.8 Å². The monoisotopic (exact) mass is 412 g/mol. The number of anilines is 1. The van der Waals surface area contributed by atoms with Crippen molar-refractivity contribution in [3.63, 3.8) is 0 Å². The number of ether oxygens (including phenoxy) is 1. The predicted molar refractivity (Wildman–Crippen MR) is 99.8 cm³/mol. The number of nitrogens with one attached hydrogen (secondary N) is 1. The SMILES string of the molecule is COc1cccc2cc(C(=O)Nc3cccnc3-n3cc(Br)cn3)oc12. The number of benzene rings is 1. The molecule has 0 aliphatic carbocycles. The number of rotatable bonds is 4. The molecule has 4 rings (SSSR count). The van der Waals surface area contributed by atoms with E-state index in [0.29, 0.717) is 22.8 Å². The van der Waals surface area contributed by atoms with Crippen LogP contribution in [0.3, 0.4) is 0 Å². The van der Waals surface area contributed by atoms with Crippen LogP contribution in [0, 0.1) is 0 Å². The number of carbonyl (C=O) groups is 1. The van der Waals surface area contributed by atoms with Crippen molar-refractivity contribution in [2.24, 2.45) is 0 Å². The van der Waals surface area contributed by atoms with Gasteiger partial charge in [-0.25, -0.2) is 9.67 Å². The number of carbonyl (C=O) groups excluding carboxylic acids is 1. The molecule has 1 aromatic carbocycles. The molecule has 0 atom stereocenters. The highest BCUT2D eigenvalue weighted by atomic mass is 79.9. The Morgan fingerprint density at radius 3 is 2.96 bits per heavy atom. The topological polar surface area (TPSA) is 82.2 Å². The maximum atomic E-state index is 12.7. The summed E-state index contributed by atoms with van der Waals surface area (Å²) in [5.41, 5.74) is 1.04. The van der Waals surface area contributed by atoms with Gasteiger partial charge < -0.3 is 14.5 Å². The molecular weight excluding hydrogens is 400 g/mol. The lowest BCUT2D eigenvalue weighted by Gasteiger charge is -2.08. The molecule has 1 N–H and O–H groups in total. The van der Waals surface area contributed by atoms with Crippen molar-refractivity contribution < 1.29 is 13.9 Å². The number of hydrogen-bond acceptors (Lipinski definition) is 5. The van der Waals surface area contributed by atoms with Crippen LogP contribution in [0.25, 0.3) is 16.8 Å². The second kappa shape index (κ2) is 6.64. The Morgan fingerprint density at radius 1 is 1.31 bits per heavy atom. The highest BCUT2D eigenvalue weighted by Crippen LogP contribution is 2.29. The van der Waals surface area contributed by atoms with E-state index in [9.17, 15) is 4.79 Å². The van der Waals surface area contributed by atoms with Crippen molar-refractivity contribution >= 4 is 38.5 Å². The summed E-state index contributed by atoms with van der Waals surface area (Å²) in [6.45, 7) is 0. The summed E-state index contributed by atoms with van der Waals surface area (Å²) in [7, 11) is 1.56. The van der Waals surface area contributed by atoms with Crippen molar-refractivity contribution in [1.29, 1.82) is 0 Å². The Morgan fingerprint density at radius 2 is 2.19 bits per heavy atom. The van der Waals surface area contributed by atoms with Gasteiger partial charge in [-0.1, -0.05) is 12.1 Å². The molecule has 0 saturated heterocycles. The lowest BCUT2D eigenvalue weighted by molar-refractivity contribution is 0.0998. The summed E-state index contributed by atoms with van der Waals surface area (Å²) in [6.07, 6.45) is 5.03. The van der Waals surface area contributed by atoms with Crippen LogP contribution in [0.15, 0.2) is 63.9 Å². The smallest absolute Gasteiger partial charge is 0.291 e. The Kier molecular flexibility index (Phi) is 4.18. The van der Waals surface area contributed by atoms with Crippen LogP contribution >= 0.6 is 15.9 Å². The average Bonchev–Trinajstić information content (AvgIpc) is 3.28. The molecule has 0 aliphatic rings. The summed E-state index contributed by atoms with van der Waals surface area (Å²) in [6, 6.07) is 10.6. The van der Waals surface area contributed by atoms with Gasteiger partial charge in [0.2, 0.25) is 0 Å².